The van der Waals surface area contributed by atoms with Crippen molar-refractivity contribution in [3.63, 3.8) is 0 Å². The van der Waals surface area contributed by atoms with Gasteiger partial charge in [0.15, 0.2) is 12.4 Å². The van der Waals surface area contributed by atoms with Crippen LogP contribution >= 0.6 is 11.6 Å². The van der Waals surface area contributed by atoms with Crippen molar-refractivity contribution in [1.82, 2.24) is 0 Å². The average molecular weight is 523 g/mol. The van der Waals surface area contributed by atoms with E-state index in [0.29, 0.717) is 33.6 Å². The van der Waals surface area contributed by atoms with Gasteiger partial charge in [0.05, 0.1) is 10.6 Å². The Balaban J connectivity index is 1.36. The van der Waals surface area contributed by atoms with Crippen molar-refractivity contribution >= 4 is 38.9 Å². The van der Waals surface area contributed by atoms with Crippen LogP contribution in [0.1, 0.15) is 5.56 Å². The van der Waals surface area contributed by atoms with Crippen molar-refractivity contribution in [2.24, 2.45) is 0 Å². The molecule has 0 heterocycles. The minimum absolute atomic E-state index is 0.0708. The van der Waals surface area contributed by atoms with E-state index in [1.807, 2.05) is 37.3 Å². The highest BCUT2D eigenvalue weighted by molar-refractivity contribution is 7.92. The molecule has 0 saturated heterocycles. The van der Waals surface area contributed by atoms with Crippen molar-refractivity contribution in [3.8, 4) is 17.2 Å². The Kier molecular flexibility index (Phi) is 7.77. The molecule has 0 fully saturated rings. The third-order valence-electron chi connectivity index (χ3n) is 4.99. The van der Waals surface area contributed by atoms with Crippen LogP contribution in [0.5, 0.6) is 17.2 Å². The number of anilines is 2. The SMILES string of the molecule is Cc1ccc(NS(=O)(=O)c2ccc(OCC(=O)Nc3cc(Cl)ccc3Oc3ccccc3)cc2)cc1. The van der Waals surface area contributed by atoms with Gasteiger partial charge >= 0.3 is 0 Å². The maximum absolute atomic E-state index is 12.6. The molecule has 9 heteroatoms. The van der Waals surface area contributed by atoms with Crippen LogP contribution in [-0.2, 0) is 14.8 Å². The zero-order valence-electron chi connectivity index (χ0n) is 19.3. The fourth-order valence-electron chi connectivity index (χ4n) is 3.19. The van der Waals surface area contributed by atoms with Gasteiger partial charge in [-0.25, -0.2) is 8.42 Å². The zero-order valence-corrected chi connectivity index (χ0v) is 20.8. The topological polar surface area (TPSA) is 93.7 Å². The van der Waals surface area contributed by atoms with Crippen LogP contribution < -0.4 is 19.5 Å². The molecule has 0 aliphatic rings. The van der Waals surface area contributed by atoms with Crippen LogP contribution in [0.15, 0.2) is 102 Å². The predicted octanol–water partition coefficient (Wildman–Crippen LogP) is 6.26. The first-order valence-electron chi connectivity index (χ1n) is 10.9. The number of rotatable bonds is 9. The molecule has 0 unspecified atom stereocenters. The van der Waals surface area contributed by atoms with Gasteiger partial charge in [0.25, 0.3) is 15.9 Å². The van der Waals surface area contributed by atoms with Gasteiger partial charge in [-0.1, -0.05) is 47.5 Å². The summed E-state index contributed by atoms with van der Waals surface area (Å²) in [6.07, 6.45) is 0. The summed E-state index contributed by atoms with van der Waals surface area (Å²) in [7, 11) is -3.76. The molecule has 4 aromatic carbocycles. The van der Waals surface area contributed by atoms with E-state index in [4.69, 9.17) is 21.1 Å². The van der Waals surface area contributed by atoms with E-state index in [-0.39, 0.29) is 11.5 Å². The van der Waals surface area contributed by atoms with E-state index >= 15 is 0 Å². The number of nitrogens with one attached hydrogen (secondary N) is 2. The number of carbonyl (C=O) groups excluding carboxylic acids is 1. The minimum Gasteiger partial charge on any atom is -0.484 e. The third kappa shape index (κ3) is 6.78. The molecule has 7 nitrogen and oxygen atoms in total. The molecule has 184 valence electrons. The lowest BCUT2D eigenvalue weighted by molar-refractivity contribution is -0.118. The summed E-state index contributed by atoms with van der Waals surface area (Å²) in [5, 5.41) is 3.16. The van der Waals surface area contributed by atoms with Gasteiger partial charge in [-0.05, 0) is 73.7 Å². The number of ether oxygens (including phenoxy) is 2. The van der Waals surface area contributed by atoms with Crippen molar-refractivity contribution in [2.45, 2.75) is 11.8 Å². The number of benzene rings is 4. The Labute approximate surface area is 214 Å². The second-order valence-electron chi connectivity index (χ2n) is 7.84. The Bertz CT molecular complexity index is 1440. The van der Waals surface area contributed by atoms with Crippen molar-refractivity contribution in [2.75, 3.05) is 16.6 Å². The van der Waals surface area contributed by atoms with Gasteiger partial charge in [0, 0.05) is 10.7 Å². The molecule has 4 rings (SSSR count). The van der Waals surface area contributed by atoms with Crippen LogP contribution in [-0.4, -0.2) is 20.9 Å². The van der Waals surface area contributed by atoms with Crippen molar-refractivity contribution in [1.29, 1.82) is 0 Å². The molecule has 0 radical (unpaired) electrons. The van der Waals surface area contributed by atoms with Crippen LogP contribution in [0.4, 0.5) is 11.4 Å². The van der Waals surface area contributed by atoms with Gasteiger partial charge in [-0.15, -0.1) is 0 Å². The molecule has 2 N–H and O–H groups in total. The Morgan fingerprint density at radius 1 is 0.861 bits per heavy atom. The van der Waals surface area contributed by atoms with Gasteiger partial charge in [0.2, 0.25) is 0 Å². The number of hydrogen-bond acceptors (Lipinski definition) is 5. The third-order valence-corrected chi connectivity index (χ3v) is 6.63. The molecule has 0 saturated carbocycles. The highest BCUT2D eigenvalue weighted by atomic mass is 35.5. The van der Waals surface area contributed by atoms with Crippen LogP contribution in [0.25, 0.3) is 0 Å². The molecular formula is C27H23ClN2O5S. The molecule has 0 atom stereocenters. The number of amides is 1. The predicted molar refractivity (Wildman–Crippen MR) is 141 cm³/mol. The molecule has 0 spiro atoms. The lowest BCUT2D eigenvalue weighted by Gasteiger charge is -2.13. The quantitative estimate of drug-likeness (QED) is 0.270. The second kappa shape index (κ2) is 11.2. The number of halogens is 1. The number of carbonyl (C=O) groups is 1. The number of aryl methyl sites for hydroxylation is 1. The maximum atomic E-state index is 12.6. The molecule has 0 bridgehead atoms. The first-order chi connectivity index (χ1) is 17.3. The maximum Gasteiger partial charge on any atom is 0.262 e. The fraction of sp³-hybridized carbons (Fsp3) is 0.0741. The van der Waals surface area contributed by atoms with Gasteiger partial charge in [0.1, 0.15) is 11.5 Å². The number of hydrogen-bond donors (Lipinski definition) is 2. The first kappa shape index (κ1) is 25.1. The van der Waals surface area contributed by atoms with E-state index in [2.05, 4.69) is 10.0 Å². The van der Waals surface area contributed by atoms with Gasteiger partial charge < -0.3 is 14.8 Å². The second-order valence-corrected chi connectivity index (χ2v) is 9.95. The van der Waals surface area contributed by atoms with Crippen LogP contribution in [0.3, 0.4) is 0 Å². The Morgan fingerprint density at radius 2 is 1.56 bits per heavy atom. The van der Waals surface area contributed by atoms with Gasteiger partial charge in [-0.2, -0.15) is 0 Å². The normalized spacial score (nSPS) is 10.9. The highest BCUT2D eigenvalue weighted by Crippen LogP contribution is 2.32. The molecule has 0 aliphatic carbocycles. The number of para-hydroxylation sites is 1. The Morgan fingerprint density at radius 3 is 2.25 bits per heavy atom. The van der Waals surface area contributed by atoms with E-state index in [1.54, 1.807) is 42.5 Å². The Hall–Kier alpha value is -4.01. The molecular weight excluding hydrogens is 500 g/mol. The monoisotopic (exact) mass is 522 g/mol. The fourth-order valence-corrected chi connectivity index (χ4v) is 4.42. The van der Waals surface area contributed by atoms with E-state index in [1.165, 1.54) is 24.3 Å². The highest BCUT2D eigenvalue weighted by Gasteiger charge is 2.15. The molecule has 0 aromatic heterocycles. The lowest BCUT2D eigenvalue weighted by Crippen LogP contribution is -2.20. The zero-order chi connectivity index (χ0) is 25.5. The summed E-state index contributed by atoms with van der Waals surface area (Å²) in [6, 6.07) is 26.9. The van der Waals surface area contributed by atoms with Crippen LogP contribution in [0, 0.1) is 6.92 Å². The summed E-state index contributed by atoms with van der Waals surface area (Å²) in [5.41, 5.74) is 1.89. The van der Waals surface area contributed by atoms with Gasteiger partial charge in [-0.3, -0.25) is 9.52 Å². The molecule has 36 heavy (non-hydrogen) atoms. The smallest absolute Gasteiger partial charge is 0.262 e. The summed E-state index contributed by atoms with van der Waals surface area (Å²) >= 11 is 6.09. The van der Waals surface area contributed by atoms with Crippen LogP contribution in [0.2, 0.25) is 5.02 Å². The average Bonchev–Trinajstić information content (AvgIpc) is 2.87. The molecule has 1 amide bonds. The summed E-state index contributed by atoms with van der Waals surface area (Å²) in [6.45, 7) is 1.62. The minimum atomic E-state index is -3.76. The van der Waals surface area contributed by atoms with E-state index in [0.717, 1.165) is 5.56 Å². The van der Waals surface area contributed by atoms with Crippen molar-refractivity contribution in [3.05, 3.63) is 108 Å². The molecule has 0 aliphatic heterocycles. The summed E-state index contributed by atoms with van der Waals surface area (Å²) < 4.78 is 39.1. The largest absolute Gasteiger partial charge is 0.484 e. The van der Waals surface area contributed by atoms with Crippen molar-refractivity contribution < 1.29 is 22.7 Å². The van der Waals surface area contributed by atoms with E-state index in [9.17, 15) is 13.2 Å². The van der Waals surface area contributed by atoms with E-state index < -0.39 is 15.9 Å². The summed E-state index contributed by atoms with van der Waals surface area (Å²) in [5.74, 6) is 0.937. The standard InChI is InChI=1S/C27H23ClN2O5S/c1-19-7-10-21(11-8-19)30-36(32,33)24-14-12-22(13-15-24)34-18-27(31)29-25-17-20(28)9-16-26(25)35-23-5-3-2-4-6-23/h2-17,30H,18H2,1H3,(H,29,31). The number of sulfonamides is 1. The molecule has 4 aromatic rings. The lowest BCUT2D eigenvalue weighted by atomic mass is 10.2. The summed E-state index contributed by atoms with van der Waals surface area (Å²) in [4.78, 5) is 12.6. The first-order valence-corrected chi connectivity index (χ1v) is 12.8.